The number of aryl methyl sites for hydroxylation is 1. The molecular formula is C20H27N3O2. The van der Waals surface area contributed by atoms with Crippen LogP contribution in [0.2, 0.25) is 0 Å². The molecule has 2 aromatic rings. The highest BCUT2D eigenvalue weighted by atomic mass is 16.3. The highest BCUT2D eigenvalue weighted by molar-refractivity contribution is 5.27. The van der Waals surface area contributed by atoms with Crippen molar-refractivity contribution in [2.24, 2.45) is 0 Å². The molecule has 0 bridgehead atoms. The molecular weight excluding hydrogens is 314 g/mol. The summed E-state index contributed by atoms with van der Waals surface area (Å²) in [5.74, 6) is 0.730. The minimum atomic E-state index is -0.320. The number of aliphatic hydroxyl groups excluding tert-OH is 1. The zero-order chi connectivity index (χ0) is 17.8. The molecule has 2 N–H and O–H groups in total. The molecule has 3 rings (SSSR count). The fraction of sp³-hybridized carbons (Fsp3) is 0.500. The van der Waals surface area contributed by atoms with Crippen LogP contribution in [-0.2, 0) is 19.4 Å². The molecule has 0 radical (unpaired) electrons. The van der Waals surface area contributed by atoms with E-state index in [1.807, 2.05) is 6.07 Å². The number of nitrogens with one attached hydrogen (secondary N) is 1. The first-order valence-electron chi connectivity index (χ1n) is 9.12. The maximum atomic E-state index is 12.5. The van der Waals surface area contributed by atoms with Gasteiger partial charge in [-0.2, -0.15) is 0 Å². The molecule has 5 heteroatoms. The average molecular weight is 341 g/mol. The van der Waals surface area contributed by atoms with E-state index in [0.717, 1.165) is 48.5 Å². The summed E-state index contributed by atoms with van der Waals surface area (Å²) >= 11 is 0. The molecule has 5 nitrogen and oxygen atoms in total. The monoisotopic (exact) mass is 341 g/mol. The van der Waals surface area contributed by atoms with Crippen LogP contribution >= 0.6 is 0 Å². The Morgan fingerprint density at radius 1 is 1.40 bits per heavy atom. The number of aromatic amines is 1. The Balaban J connectivity index is 1.74. The summed E-state index contributed by atoms with van der Waals surface area (Å²) in [5.41, 5.74) is 3.99. The van der Waals surface area contributed by atoms with E-state index >= 15 is 0 Å². The molecule has 0 spiro atoms. The summed E-state index contributed by atoms with van der Waals surface area (Å²) in [6, 6.07) is 8.27. The van der Waals surface area contributed by atoms with Crippen LogP contribution in [0.3, 0.4) is 0 Å². The van der Waals surface area contributed by atoms with Crippen LogP contribution in [0.4, 0.5) is 0 Å². The van der Waals surface area contributed by atoms with Gasteiger partial charge in [0.2, 0.25) is 0 Å². The van der Waals surface area contributed by atoms with Crippen molar-refractivity contribution in [3.05, 3.63) is 62.8 Å². The Bertz CT molecular complexity index is 785. The second kappa shape index (κ2) is 7.93. The Labute approximate surface area is 148 Å². The molecule has 0 saturated carbocycles. The molecule has 2 heterocycles. The van der Waals surface area contributed by atoms with Crippen LogP contribution in [0.15, 0.2) is 29.1 Å². The molecule has 0 amide bonds. The first-order chi connectivity index (χ1) is 12.0. The van der Waals surface area contributed by atoms with Gasteiger partial charge in [-0.1, -0.05) is 43.2 Å². The molecule has 1 aliphatic rings. The van der Waals surface area contributed by atoms with Crippen molar-refractivity contribution in [2.45, 2.75) is 52.2 Å². The van der Waals surface area contributed by atoms with Gasteiger partial charge < -0.3 is 10.1 Å². The van der Waals surface area contributed by atoms with Crippen molar-refractivity contribution in [3.8, 4) is 0 Å². The molecule has 1 atom stereocenters. The van der Waals surface area contributed by atoms with Gasteiger partial charge in [-0.3, -0.25) is 9.69 Å². The fourth-order valence-corrected chi connectivity index (χ4v) is 3.51. The third-order valence-electron chi connectivity index (χ3n) is 4.74. The van der Waals surface area contributed by atoms with Crippen molar-refractivity contribution in [1.82, 2.24) is 14.9 Å². The lowest BCUT2D eigenvalue weighted by Gasteiger charge is -2.29. The summed E-state index contributed by atoms with van der Waals surface area (Å²) in [6.07, 6.45) is 2.85. The summed E-state index contributed by atoms with van der Waals surface area (Å²) in [4.78, 5) is 22.3. The summed E-state index contributed by atoms with van der Waals surface area (Å²) in [6.45, 7) is 6.17. The van der Waals surface area contributed by atoms with Gasteiger partial charge in [-0.25, -0.2) is 4.98 Å². The molecule has 1 aliphatic heterocycles. The van der Waals surface area contributed by atoms with Gasteiger partial charge in [-0.05, 0) is 18.9 Å². The van der Waals surface area contributed by atoms with E-state index in [-0.39, 0.29) is 11.7 Å². The quantitative estimate of drug-likeness (QED) is 0.845. The molecule has 134 valence electrons. The van der Waals surface area contributed by atoms with Gasteiger partial charge in [-0.15, -0.1) is 0 Å². The number of nitrogens with zero attached hydrogens (tertiary/aromatic N) is 2. The lowest BCUT2D eigenvalue weighted by Crippen LogP contribution is -2.40. The highest BCUT2D eigenvalue weighted by Crippen LogP contribution is 2.16. The number of fused-ring (bicyclic) bond motifs is 1. The van der Waals surface area contributed by atoms with Gasteiger partial charge in [0.1, 0.15) is 5.82 Å². The SMILES string of the molecule is CCC[C@H](O)CN1CCc2nc(Cc3cccc(C)c3)[nH]c(=O)c2C1. The Kier molecular flexibility index (Phi) is 5.66. The normalized spacial score (nSPS) is 15.8. The van der Waals surface area contributed by atoms with E-state index in [4.69, 9.17) is 4.98 Å². The summed E-state index contributed by atoms with van der Waals surface area (Å²) in [7, 11) is 0. The number of aromatic nitrogens is 2. The van der Waals surface area contributed by atoms with Crippen LogP contribution in [0.1, 0.15) is 48.0 Å². The van der Waals surface area contributed by atoms with Crippen LogP contribution in [-0.4, -0.2) is 39.2 Å². The van der Waals surface area contributed by atoms with Gasteiger partial charge in [0.25, 0.3) is 5.56 Å². The maximum absolute atomic E-state index is 12.5. The Hall–Kier alpha value is -1.98. The predicted octanol–water partition coefficient (Wildman–Crippen LogP) is 2.19. The fourth-order valence-electron chi connectivity index (χ4n) is 3.51. The van der Waals surface area contributed by atoms with Crippen molar-refractivity contribution >= 4 is 0 Å². The van der Waals surface area contributed by atoms with Crippen LogP contribution in [0, 0.1) is 6.92 Å². The van der Waals surface area contributed by atoms with Crippen LogP contribution < -0.4 is 5.56 Å². The number of benzene rings is 1. The zero-order valence-corrected chi connectivity index (χ0v) is 15.1. The standard InChI is InChI=1S/C20H27N3O2/c1-3-5-16(24)12-23-9-8-18-17(13-23)20(25)22-19(21-18)11-15-7-4-6-14(2)10-15/h4,6-7,10,16,24H,3,5,8-9,11-13H2,1-2H3,(H,21,22,25)/t16-/m0/s1. The average Bonchev–Trinajstić information content (AvgIpc) is 2.56. The van der Waals surface area contributed by atoms with Gasteiger partial charge >= 0.3 is 0 Å². The van der Waals surface area contributed by atoms with Crippen LogP contribution in [0.25, 0.3) is 0 Å². The van der Waals surface area contributed by atoms with Crippen molar-refractivity contribution in [1.29, 1.82) is 0 Å². The Morgan fingerprint density at radius 3 is 3.00 bits per heavy atom. The number of H-pyrrole nitrogens is 1. The lowest BCUT2D eigenvalue weighted by atomic mass is 10.0. The number of hydrogen-bond donors (Lipinski definition) is 2. The van der Waals surface area contributed by atoms with E-state index in [1.165, 1.54) is 5.56 Å². The minimum Gasteiger partial charge on any atom is -0.392 e. The van der Waals surface area contributed by atoms with Crippen molar-refractivity contribution in [3.63, 3.8) is 0 Å². The third-order valence-corrected chi connectivity index (χ3v) is 4.74. The molecule has 0 unspecified atom stereocenters. The number of hydrogen-bond acceptors (Lipinski definition) is 4. The van der Waals surface area contributed by atoms with Crippen LogP contribution in [0.5, 0.6) is 0 Å². The maximum Gasteiger partial charge on any atom is 0.255 e. The predicted molar refractivity (Wildman–Crippen MR) is 98.7 cm³/mol. The second-order valence-corrected chi connectivity index (χ2v) is 7.03. The number of β-amino-alcohol motifs (C(OH)–C–C–N with tert-alkyl or cyclic N) is 1. The smallest absolute Gasteiger partial charge is 0.255 e. The number of rotatable bonds is 6. The topological polar surface area (TPSA) is 69.2 Å². The van der Waals surface area contributed by atoms with E-state index in [0.29, 0.717) is 19.5 Å². The van der Waals surface area contributed by atoms with E-state index < -0.39 is 0 Å². The van der Waals surface area contributed by atoms with E-state index in [2.05, 4.69) is 41.9 Å². The van der Waals surface area contributed by atoms with E-state index in [9.17, 15) is 9.90 Å². The molecule has 0 fully saturated rings. The molecule has 1 aromatic heterocycles. The molecule has 0 aliphatic carbocycles. The lowest BCUT2D eigenvalue weighted by molar-refractivity contribution is 0.0972. The Morgan fingerprint density at radius 2 is 2.24 bits per heavy atom. The van der Waals surface area contributed by atoms with Gasteiger partial charge in [0, 0.05) is 32.5 Å². The van der Waals surface area contributed by atoms with Gasteiger partial charge in [0.15, 0.2) is 0 Å². The van der Waals surface area contributed by atoms with Crippen molar-refractivity contribution < 1.29 is 5.11 Å². The largest absolute Gasteiger partial charge is 0.392 e. The molecule has 1 aromatic carbocycles. The first-order valence-corrected chi connectivity index (χ1v) is 9.12. The van der Waals surface area contributed by atoms with Gasteiger partial charge in [0.05, 0.1) is 17.4 Å². The summed E-state index contributed by atoms with van der Waals surface area (Å²) < 4.78 is 0. The number of aliphatic hydroxyl groups is 1. The molecule has 0 saturated heterocycles. The summed E-state index contributed by atoms with van der Waals surface area (Å²) in [5, 5.41) is 10.0. The zero-order valence-electron chi connectivity index (χ0n) is 15.1. The third kappa shape index (κ3) is 4.55. The minimum absolute atomic E-state index is 0.0395. The van der Waals surface area contributed by atoms with Crippen molar-refractivity contribution in [2.75, 3.05) is 13.1 Å². The highest BCUT2D eigenvalue weighted by Gasteiger charge is 2.22. The first kappa shape index (κ1) is 17.8. The second-order valence-electron chi connectivity index (χ2n) is 7.03. The van der Waals surface area contributed by atoms with E-state index in [1.54, 1.807) is 0 Å². The molecule has 25 heavy (non-hydrogen) atoms.